The van der Waals surface area contributed by atoms with Gasteiger partial charge in [0.05, 0.1) is 29.4 Å². The van der Waals surface area contributed by atoms with Crippen molar-refractivity contribution in [3.8, 4) is 0 Å². The summed E-state index contributed by atoms with van der Waals surface area (Å²) in [6, 6.07) is 10.8. The predicted octanol–water partition coefficient (Wildman–Crippen LogP) is 3.38. The van der Waals surface area contributed by atoms with Crippen LogP contribution in [0.2, 0.25) is 0 Å². The Labute approximate surface area is 167 Å². The molecule has 1 saturated carbocycles. The summed E-state index contributed by atoms with van der Waals surface area (Å²) in [5.74, 6) is -0.667. The van der Waals surface area contributed by atoms with E-state index in [4.69, 9.17) is 4.74 Å². The van der Waals surface area contributed by atoms with E-state index in [0.29, 0.717) is 37.6 Å². The number of non-ortho nitro benzene ring substituents is 1. The zero-order chi connectivity index (χ0) is 20.4. The summed E-state index contributed by atoms with van der Waals surface area (Å²) in [5, 5.41) is 11.3. The van der Waals surface area contributed by atoms with Crippen LogP contribution < -0.4 is 4.90 Å². The molecule has 1 saturated heterocycles. The molecular weight excluding hydrogens is 377 g/mol. The van der Waals surface area contributed by atoms with Crippen molar-refractivity contribution in [3.63, 3.8) is 0 Å². The summed E-state index contributed by atoms with van der Waals surface area (Å²) in [5.41, 5.74) is 1.24. The molecule has 1 heterocycles. The Hall–Kier alpha value is -3.00. The number of amides is 1. The van der Waals surface area contributed by atoms with E-state index in [1.807, 2.05) is 4.90 Å². The molecule has 8 heteroatoms. The maximum Gasteiger partial charge on any atom is 0.270 e. The van der Waals surface area contributed by atoms with Gasteiger partial charge in [0.25, 0.3) is 11.6 Å². The first kappa shape index (κ1) is 19.3. The van der Waals surface area contributed by atoms with Crippen LogP contribution in [0, 0.1) is 15.9 Å². The summed E-state index contributed by atoms with van der Waals surface area (Å²) in [7, 11) is 0. The molecule has 0 N–H and O–H groups in total. The van der Waals surface area contributed by atoms with Gasteiger partial charge in [-0.25, -0.2) is 4.39 Å². The van der Waals surface area contributed by atoms with Crippen molar-refractivity contribution in [2.75, 3.05) is 31.2 Å². The highest BCUT2D eigenvalue weighted by molar-refractivity contribution is 6.01. The number of ether oxygens (including phenoxy) is 1. The van der Waals surface area contributed by atoms with Crippen molar-refractivity contribution in [3.05, 3.63) is 69.5 Å². The molecular formula is C21H22FN3O4. The Kier molecular flexibility index (Phi) is 5.44. The predicted molar refractivity (Wildman–Crippen MR) is 105 cm³/mol. The van der Waals surface area contributed by atoms with Gasteiger partial charge in [0, 0.05) is 43.4 Å². The summed E-state index contributed by atoms with van der Waals surface area (Å²) >= 11 is 0. The van der Waals surface area contributed by atoms with Crippen LogP contribution in [0.1, 0.15) is 28.8 Å². The van der Waals surface area contributed by atoms with Crippen LogP contribution in [0.15, 0.2) is 42.5 Å². The second-order valence-electron chi connectivity index (χ2n) is 7.31. The van der Waals surface area contributed by atoms with Gasteiger partial charge in [0.15, 0.2) is 0 Å². The van der Waals surface area contributed by atoms with Crippen molar-refractivity contribution < 1.29 is 18.8 Å². The highest BCUT2D eigenvalue weighted by Crippen LogP contribution is 2.34. The maximum absolute atomic E-state index is 14.2. The Bertz CT molecular complexity index is 926. The molecule has 152 valence electrons. The Morgan fingerprint density at radius 1 is 1.21 bits per heavy atom. The number of rotatable bonds is 6. The van der Waals surface area contributed by atoms with Crippen molar-refractivity contribution in [1.29, 1.82) is 0 Å². The summed E-state index contributed by atoms with van der Waals surface area (Å²) < 4.78 is 19.6. The number of morpholine rings is 1. The molecule has 2 aromatic rings. The quantitative estimate of drug-likeness (QED) is 0.550. The lowest BCUT2D eigenvalue weighted by atomic mass is 10.1. The number of hydrogen-bond donors (Lipinski definition) is 0. The molecule has 0 aromatic heterocycles. The summed E-state index contributed by atoms with van der Waals surface area (Å²) in [4.78, 5) is 28.0. The molecule has 29 heavy (non-hydrogen) atoms. The number of nitrogens with zero attached hydrogens (tertiary/aromatic N) is 3. The molecule has 2 aromatic carbocycles. The third-order valence-electron chi connectivity index (χ3n) is 5.32. The smallest absolute Gasteiger partial charge is 0.270 e. The first-order chi connectivity index (χ1) is 14.0. The topological polar surface area (TPSA) is 75.9 Å². The zero-order valence-corrected chi connectivity index (χ0v) is 15.9. The van der Waals surface area contributed by atoms with Crippen LogP contribution in [0.5, 0.6) is 0 Å². The molecule has 1 amide bonds. The zero-order valence-electron chi connectivity index (χ0n) is 15.9. The Balaban J connectivity index is 1.70. The van der Waals surface area contributed by atoms with Gasteiger partial charge in [-0.05, 0) is 25.0 Å². The van der Waals surface area contributed by atoms with Crippen molar-refractivity contribution in [1.82, 2.24) is 4.90 Å². The number of carbonyl (C=O) groups excluding carboxylic acids is 1. The van der Waals surface area contributed by atoms with Gasteiger partial charge in [-0.1, -0.05) is 18.2 Å². The molecule has 0 bridgehead atoms. The van der Waals surface area contributed by atoms with Crippen LogP contribution in [0.4, 0.5) is 15.8 Å². The van der Waals surface area contributed by atoms with Gasteiger partial charge < -0.3 is 14.5 Å². The minimum Gasteiger partial charge on any atom is -0.378 e. The normalized spacial score (nSPS) is 16.5. The first-order valence-corrected chi connectivity index (χ1v) is 9.70. The number of nitro groups is 1. The number of halogens is 1. The lowest BCUT2D eigenvalue weighted by molar-refractivity contribution is -0.384. The standard InChI is InChI=1S/C21H22FN3O4/c22-19-4-2-1-3-15(19)14-24(16-5-6-16)21(26)18-13-17(25(27)28)7-8-20(18)23-9-11-29-12-10-23/h1-4,7-8,13,16H,5-6,9-12,14H2. The summed E-state index contributed by atoms with van der Waals surface area (Å²) in [6.45, 7) is 2.42. The van der Waals surface area contributed by atoms with Crippen LogP contribution in [-0.2, 0) is 11.3 Å². The summed E-state index contributed by atoms with van der Waals surface area (Å²) in [6.07, 6.45) is 1.70. The Morgan fingerprint density at radius 2 is 1.93 bits per heavy atom. The van der Waals surface area contributed by atoms with Gasteiger partial charge in [0.1, 0.15) is 5.82 Å². The van der Waals surface area contributed by atoms with E-state index in [0.717, 1.165) is 12.8 Å². The Morgan fingerprint density at radius 3 is 2.59 bits per heavy atom. The van der Waals surface area contributed by atoms with Crippen molar-refractivity contribution >= 4 is 17.3 Å². The van der Waals surface area contributed by atoms with E-state index >= 15 is 0 Å². The van der Waals surface area contributed by atoms with Crippen molar-refractivity contribution in [2.24, 2.45) is 0 Å². The van der Waals surface area contributed by atoms with Gasteiger partial charge in [-0.2, -0.15) is 0 Å². The van der Waals surface area contributed by atoms with Gasteiger partial charge in [-0.3, -0.25) is 14.9 Å². The van der Waals surface area contributed by atoms with E-state index in [1.165, 1.54) is 18.2 Å². The van der Waals surface area contributed by atoms with Crippen molar-refractivity contribution in [2.45, 2.75) is 25.4 Å². The van der Waals surface area contributed by atoms with Gasteiger partial charge in [-0.15, -0.1) is 0 Å². The van der Waals surface area contributed by atoms with E-state index in [1.54, 1.807) is 29.2 Å². The highest BCUT2D eigenvalue weighted by atomic mass is 19.1. The molecule has 0 spiro atoms. The molecule has 2 aliphatic rings. The fourth-order valence-electron chi connectivity index (χ4n) is 3.61. The minimum atomic E-state index is -0.502. The SMILES string of the molecule is O=C(c1cc([N+](=O)[O-])ccc1N1CCOCC1)N(Cc1ccccc1F)C1CC1. The largest absolute Gasteiger partial charge is 0.378 e. The molecule has 1 aliphatic heterocycles. The number of benzene rings is 2. The van der Waals surface area contributed by atoms with E-state index in [-0.39, 0.29) is 35.6 Å². The second kappa shape index (κ2) is 8.16. The van der Waals surface area contributed by atoms with E-state index in [9.17, 15) is 19.3 Å². The molecule has 0 radical (unpaired) electrons. The van der Waals surface area contributed by atoms with Gasteiger partial charge in [0.2, 0.25) is 0 Å². The molecule has 2 fully saturated rings. The number of hydrogen-bond acceptors (Lipinski definition) is 5. The molecule has 4 rings (SSSR count). The number of nitro benzene ring substituents is 1. The number of anilines is 1. The molecule has 0 unspecified atom stereocenters. The lowest BCUT2D eigenvalue weighted by Crippen LogP contribution is -2.39. The molecule has 1 aliphatic carbocycles. The van der Waals surface area contributed by atoms with Crippen LogP contribution >= 0.6 is 0 Å². The third-order valence-corrected chi connectivity index (χ3v) is 5.32. The monoisotopic (exact) mass is 399 g/mol. The van der Waals surface area contributed by atoms with Gasteiger partial charge >= 0.3 is 0 Å². The fraction of sp³-hybridized carbons (Fsp3) is 0.381. The second-order valence-corrected chi connectivity index (χ2v) is 7.31. The first-order valence-electron chi connectivity index (χ1n) is 9.70. The third kappa shape index (κ3) is 4.22. The fourth-order valence-corrected chi connectivity index (χ4v) is 3.61. The van der Waals surface area contributed by atoms with Crippen LogP contribution in [0.25, 0.3) is 0 Å². The lowest BCUT2D eigenvalue weighted by Gasteiger charge is -2.31. The number of carbonyl (C=O) groups is 1. The highest BCUT2D eigenvalue weighted by Gasteiger charge is 2.35. The van der Waals surface area contributed by atoms with Crippen LogP contribution in [-0.4, -0.2) is 48.1 Å². The maximum atomic E-state index is 14.2. The molecule has 0 atom stereocenters. The van der Waals surface area contributed by atoms with Crippen LogP contribution in [0.3, 0.4) is 0 Å². The minimum absolute atomic E-state index is 0.0268. The molecule has 7 nitrogen and oxygen atoms in total. The average Bonchev–Trinajstić information content (AvgIpc) is 3.58. The van der Waals surface area contributed by atoms with E-state index < -0.39 is 4.92 Å². The van der Waals surface area contributed by atoms with E-state index in [2.05, 4.69) is 0 Å². The average molecular weight is 399 g/mol.